The quantitative estimate of drug-likeness (QED) is 0.877. The van der Waals surface area contributed by atoms with Gasteiger partial charge >= 0.3 is 0 Å². The number of halogens is 2. The predicted molar refractivity (Wildman–Crippen MR) is 63.4 cm³/mol. The van der Waals surface area contributed by atoms with Crippen molar-refractivity contribution in [1.29, 1.82) is 0 Å². The van der Waals surface area contributed by atoms with Crippen molar-refractivity contribution in [3.05, 3.63) is 35.4 Å². The molecule has 17 heavy (non-hydrogen) atoms. The Morgan fingerprint density at radius 3 is 2.47 bits per heavy atom. The Labute approximate surface area is 100 Å². The Bertz CT molecular complexity index is 388. The molecular weight excluding hydrogens is 222 g/mol. The molecule has 2 nitrogen and oxygen atoms in total. The summed E-state index contributed by atoms with van der Waals surface area (Å²) in [4.78, 5) is 2.20. The van der Waals surface area contributed by atoms with Crippen LogP contribution in [-0.4, -0.2) is 24.5 Å². The molecule has 1 aromatic rings. The summed E-state index contributed by atoms with van der Waals surface area (Å²) in [5.41, 5.74) is 6.55. The highest BCUT2D eigenvalue weighted by Gasteiger charge is 2.32. The average molecular weight is 240 g/mol. The molecule has 4 heteroatoms. The average Bonchev–Trinajstić information content (AvgIpc) is 2.59. The Balaban J connectivity index is 2.02. The van der Waals surface area contributed by atoms with Crippen molar-refractivity contribution in [2.24, 2.45) is 11.1 Å². The van der Waals surface area contributed by atoms with E-state index in [0.29, 0.717) is 18.7 Å². The van der Waals surface area contributed by atoms with Crippen molar-refractivity contribution >= 4 is 0 Å². The summed E-state index contributed by atoms with van der Waals surface area (Å²) in [7, 11) is 0. The van der Waals surface area contributed by atoms with Crippen LogP contribution in [0.3, 0.4) is 0 Å². The molecule has 1 heterocycles. The second kappa shape index (κ2) is 4.70. The smallest absolute Gasteiger partial charge is 0.126 e. The van der Waals surface area contributed by atoms with Crippen LogP contribution in [0.4, 0.5) is 8.78 Å². The lowest BCUT2D eigenvalue weighted by Gasteiger charge is -2.22. The molecule has 0 amide bonds. The van der Waals surface area contributed by atoms with Crippen LogP contribution < -0.4 is 5.73 Å². The number of nitrogens with two attached hydrogens (primary N) is 1. The fourth-order valence-corrected chi connectivity index (χ4v) is 2.39. The van der Waals surface area contributed by atoms with E-state index in [1.54, 1.807) is 0 Å². The van der Waals surface area contributed by atoms with Crippen molar-refractivity contribution in [1.82, 2.24) is 4.90 Å². The van der Waals surface area contributed by atoms with Crippen molar-refractivity contribution in [3.8, 4) is 0 Å². The number of hydrogen-bond acceptors (Lipinski definition) is 2. The van der Waals surface area contributed by atoms with Crippen LogP contribution in [0.15, 0.2) is 18.2 Å². The number of likely N-dealkylation sites (tertiary alicyclic amines) is 1. The van der Waals surface area contributed by atoms with Gasteiger partial charge in [-0.25, -0.2) is 8.78 Å². The molecule has 1 aliphatic rings. The summed E-state index contributed by atoms with van der Waals surface area (Å²) in [5.74, 6) is -1.03. The molecule has 0 aliphatic carbocycles. The lowest BCUT2D eigenvalue weighted by Crippen LogP contribution is -2.31. The van der Waals surface area contributed by atoms with E-state index in [4.69, 9.17) is 5.73 Å². The lowest BCUT2D eigenvalue weighted by molar-refractivity contribution is 0.274. The minimum atomic E-state index is -0.513. The third-order valence-corrected chi connectivity index (χ3v) is 3.46. The zero-order valence-electron chi connectivity index (χ0n) is 10.0. The zero-order valence-corrected chi connectivity index (χ0v) is 10.0. The van der Waals surface area contributed by atoms with Gasteiger partial charge < -0.3 is 5.73 Å². The third-order valence-electron chi connectivity index (χ3n) is 3.46. The molecule has 0 radical (unpaired) electrons. The van der Waals surface area contributed by atoms with Gasteiger partial charge in [-0.2, -0.15) is 0 Å². The van der Waals surface area contributed by atoms with Gasteiger partial charge in [-0.05, 0) is 42.6 Å². The molecule has 1 unspecified atom stereocenters. The molecule has 0 saturated carbocycles. The van der Waals surface area contributed by atoms with Gasteiger partial charge in [0.25, 0.3) is 0 Å². The summed E-state index contributed by atoms with van der Waals surface area (Å²) >= 11 is 0. The summed E-state index contributed by atoms with van der Waals surface area (Å²) in [6.07, 6.45) is 1.04. The summed E-state index contributed by atoms with van der Waals surface area (Å²) in [6.45, 7) is 5.22. The largest absolute Gasteiger partial charge is 0.330 e. The van der Waals surface area contributed by atoms with Crippen LogP contribution in [-0.2, 0) is 6.54 Å². The van der Waals surface area contributed by atoms with Crippen LogP contribution in [0.5, 0.6) is 0 Å². The monoisotopic (exact) mass is 240 g/mol. The first-order valence-electron chi connectivity index (χ1n) is 5.88. The topological polar surface area (TPSA) is 29.3 Å². The van der Waals surface area contributed by atoms with Gasteiger partial charge in [0.2, 0.25) is 0 Å². The van der Waals surface area contributed by atoms with E-state index in [9.17, 15) is 8.78 Å². The highest BCUT2D eigenvalue weighted by atomic mass is 19.1. The van der Waals surface area contributed by atoms with Gasteiger partial charge in [0.05, 0.1) is 0 Å². The van der Waals surface area contributed by atoms with Gasteiger partial charge in [-0.3, -0.25) is 4.90 Å². The minimum Gasteiger partial charge on any atom is -0.330 e. The van der Waals surface area contributed by atoms with Gasteiger partial charge in [-0.15, -0.1) is 0 Å². The molecule has 0 bridgehead atoms. The van der Waals surface area contributed by atoms with Crippen LogP contribution >= 0.6 is 0 Å². The molecule has 0 aromatic heterocycles. The number of nitrogens with zero attached hydrogens (tertiary/aromatic N) is 1. The molecule has 2 rings (SSSR count). The van der Waals surface area contributed by atoms with E-state index in [1.165, 1.54) is 12.1 Å². The normalized spacial score (nSPS) is 25.4. The first-order valence-corrected chi connectivity index (χ1v) is 5.88. The van der Waals surface area contributed by atoms with E-state index >= 15 is 0 Å². The molecular formula is C13H18F2N2. The fraction of sp³-hybridized carbons (Fsp3) is 0.538. The predicted octanol–water partition coefficient (Wildman–Crippen LogP) is 2.14. The SMILES string of the molecule is CC1(CN)CCN(Cc2cc(F)cc(F)c2)C1. The number of benzene rings is 1. The number of hydrogen-bond donors (Lipinski definition) is 1. The van der Waals surface area contributed by atoms with Crippen molar-refractivity contribution in [2.45, 2.75) is 19.9 Å². The Kier molecular flexibility index (Phi) is 3.45. The minimum absolute atomic E-state index is 0.145. The molecule has 1 saturated heterocycles. The maximum Gasteiger partial charge on any atom is 0.126 e. The highest BCUT2D eigenvalue weighted by Crippen LogP contribution is 2.29. The van der Waals surface area contributed by atoms with Crippen LogP contribution in [0.25, 0.3) is 0 Å². The second-order valence-corrected chi connectivity index (χ2v) is 5.25. The van der Waals surface area contributed by atoms with E-state index in [0.717, 1.165) is 25.6 Å². The molecule has 94 valence electrons. The van der Waals surface area contributed by atoms with Crippen LogP contribution in [0.1, 0.15) is 18.9 Å². The van der Waals surface area contributed by atoms with Crippen molar-refractivity contribution in [3.63, 3.8) is 0 Å². The van der Waals surface area contributed by atoms with Crippen LogP contribution in [0, 0.1) is 17.0 Å². The highest BCUT2D eigenvalue weighted by molar-refractivity contribution is 5.18. The molecule has 1 atom stereocenters. The molecule has 0 spiro atoms. The Hall–Kier alpha value is -1.00. The third kappa shape index (κ3) is 3.01. The van der Waals surface area contributed by atoms with Gasteiger partial charge in [-0.1, -0.05) is 6.92 Å². The number of rotatable bonds is 3. The second-order valence-electron chi connectivity index (χ2n) is 5.25. The summed E-state index contributed by atoms with van der Waals surface area (Å²) in [5, 5.41) is 0. The van der Waals surface area contributed by atoms with Gasteiger partial charge in [0, 0.05) is 19.2 Å². The molecule has 1 fully saturated rings. The first kappa shape index (κ1) is 12.5. The van der Waals surface area contributed by atoms with E-state index < -0.39 is 11.6 Å². The van der Waals surface area contributed by atoms with Crippen molar-refractivity contribution < 1.29 is 8.78 Å². The van der Waals surface area contributed by atoms with E-state index in [1.807, 2.05) is 0 Å². The van der Waals surface area contributed by atoms with Crippen LogP contribution in [0.2, 0.25) is 0 Å². The Morgan fingerprint density at radius 2 is 1.94 bits per heavy atom. The summed E-state index contributed by atoms with van der Waals surface area (Å²) in [6, 6.07) is 3.68. The van der Waals surface area contributed by atoms with E-state index in [-0.39, 0.29) is 5.41 Å². The van der Waals surface area contributed by atoms with Crippen molar-refractivity contribution in [2.75, 3.05) is 19.6 Å². The summed E-state index contributed by atoms with van der Waals surface area (Å²) < 4.78 is 26.1. The first-order chi connectivity index (χ1) is 8.00. The fourth-order valence-electron chi connectivity index (χ4n) is 2.39. The maximum atomic E-state index is 13.0. The molecule has 1 aromatic carbocycles. The standard InChI is InChI=1S/C13H18F2N2/c1-13(8-16)2-3-17(9-13)7-10-4-11(14)6-12(15)5-10/h4-6H,2-3,7-9,16H2,1H3. The van der Waals surface area contributed by atoms with Gasteiger partial charge in [0.1, 0.15) is 11.6 Å². The molecule has 2 N–H and O–H groups in total. The zero-order chi connectivity index (χ0) is 12.5. The van der Waals surface area contributed by atoms with Gasteiger partial charge in [0.15, 0.2) is 0 Å². The lowest BCUT2D eigenvalue weighted by atomic mass is 9.90. The Morgan fingerprint density at radius 1 is 1.29 bits per heavy atom. The maximum absolute atomic E-state index is 13.0. The molecule has 1 aliphatic heterocycles. The van der Waals surface area contributed by atoms with E-state index in [2.05, 4.69) is 11.8 Å².